The van der Waals surface area contributed by atoms with E-state index in [9.17, 15) is 0 Å². The zero-order valence-electron chi connectivity index (χ0n) is 30.2. The average Bonchev–Trinajstić information content (AvgIpc) is 4.00. The number of imidazole rings is 2. The van der Waals surface area contributed by atoms with Crippen molar-refractivity contribution in [1.82, 2.24) is 28.7 Å². The standard InChI is InChI=1S/2C19H30N4.4BrH.Pt/c2*1-3-7-18(8-4-1)22-13-11-20(16-22)15-21-12-14-23(17-21)19-9-5-2-6-10-19;;;;;/h2*11-14,16-19H,1-10,15H2;4*1H;/q-2;+2;;;;;+4/p-4. The maximum absolute atomic E-state index is 3.17. The number of halogens is 4. The molecule has 4 fully saturated rings. The molecule has 0 unspecified atom stereocenters. The summed E-state index contributed by atoms with van der Waals surface area (Å²) in [6.07, 6.45) is 50.1. The molecule has 4 heterocycles. The Balaban J connectivity index is 0.000000205. The van der Waals surface area contributed by atoms with Gasteiger partial charge in [-0.05, 0) is 102 Å². The Morgan fingerprint density at radius 3 is 1.20 bits per heavy atom. The van der Waals surface area contributed by atoms with Crippen molar-refractivity contribution in [2.24, 2.45) is 0 Å². The van der Waals surface area contributed by atoms with E-state index in [1.807, 2.05) is 0 Å². The monoisotopic (exact) mass is 1140 g/mol. The number of hydrogen-bond acceptors (Lipinski definition) is 4. The van der Waals surface area contributed by atoms with Crippen molar-refractivity contribution in [2.75, 3.05) is 6.67 Å². The largest absolute Gasteiger partial charge is 0.247 e. The van der Waals surface area contributed by atoms with Crippen LogP contribution in [0.5, 0.6) is 0 Å². The van der Waals surface area contributed by atoms with Crippen LogP contribution in [0.4, 0.5) is 0 Å². The molecular weight excluding hydrogens is 1080 g/mol. The molecule has 0 spiro atoms. The third kappa shape index (κ3) is 13.5. The van der Waals surface area contributed by atoms with E-state index >= 15 is 0 Å². The number of rotatable bonds is 8. The van der Waals surface area contributed by atoms with Crippen molar-refractivity contribution in [2.45, 2.75) is 159 Å². The fourth-order valence-corrected chi connectivity index (χ4v) is 8.74. The molecule has 0 aromatic carbocycles. The molecule has 8 nitrogen and oxygen atoms in total. The van der Waals surface area contributed by atoms with Gasteiger partial charge in [-0.15, -0.1) is 0 Å². The summed E-state index contributed by atoms with van der Waals surface area (Å²) in [5, 5.41) is 0. The summed E-state index contributed by atoms with van der Waals surface area (Å²) >= 11 is 6.56. The topological polar surface area (TPSA) is 30.6 Å². The van der Waals surface area contributed by atoms with Gasteiger partial charge in [0.25, 0.3) is 0 Å². The van der Waals surface area contributed by atoms with Gasteiger partial charge in [-0.25, -0.2) is 9.13 Å². The first-order valence-electron chi connectivity index (χ1n) is 19.3. The van der Waals surface area contributed by atoms with Gasteiger partial charge in [0, 0.05) is 18.8 Å². The van der Waals surface area contributed by atoms with Crippen LogP contribution in [0.2, 0.25) is 0 Å². The summed E-state index contributed by atoms with van der Waals surface area (Å²) in [7, 11) is 0. The van der Waals surface area contributed by atoms with E-state index in [4.69, 9.17) is 0 Å². The van der Waals surface area contributed by atoms with Crippen LogP contribution in [0, 0.1) is 13.3 Å². The first-order valence-corrected chi connectivity index (χ1v) is 29.2. The van der Waals surface area contributed by atoms with Crippen LogP contribution in [-0.4, -0.2) is 47.5 Å². The Labute approximate surface area is 351 Å². The molecule has 0 bridgehead atoms. The number of aromatic nitrogens is 4. The number of hydrogen-bond donors (Lipinski definition) is 0. The Morgan fingerprint density at radius 2 is 0.843 bits per heavy atom. The van der Waals surface area contributed by atoms with Gasteiger partial charge in [0.1, 0.15) is 36.9 Å². The smallest absolute Gasteiger partial charge is 0.234 e. The Kier molecular flexibility index (Phi) is 20.1. The molecule has 0 atom stereocenters. The van der Waals surface area contributed by atoms with E-state index in [2.05, 4.69) is 140 Å². The first kappa shape index (κ1) is 43.4. The van der Waals surface area contributed by atoms with Gasteiger partial charge >= 0.3 is 41.0 Å². The van der Waals surface area contributed by atoms with Crippen LogP contribution in [-0.2, 0) is 21.1 Å². The molecule has 4 saturated carbocycles. The summed E-state index contributed by atoms with van der Waals surface area (Å²) in [6, 6.07) is 2.90. The molecule has 6 aliphatic rings. The molecule has 0 N–H and O–H groups in total. The molecule has 2 aromatic heterocycles. The molecule has 8 rings (SSSR count). The summed E-state index contributed by atoms with van der Waals surface area (Å²) in [4.78, 5) is 9.47. The van der Waals surface area contributed by atoms with Gasteiger partial charge in [0.15, 0.2) is 0 Å². The second kappa shape index (κ2) is 23.6. The third-order valence-electron chi connectivity index (χ3n) is 11.5. The van der Waals surface area contributed by atoms with Gasteiger partial charge in [0.05, 0.1) is 0 Å². The van der Waals surface area contributed by atoms with Crippen LogP contribution in [0.1, 0.15) is 141 Å². The van der Waals surface area contributed by atoms with Crippen LogP contribution in [0.15, 0.2) is 62.2 Å². The minimum Gasteiger partial charge on any atom is -0.234 e. The molecule has 13 heteroatoms. The summed E-state index contributed by atoms with van der Waals surface area (Å²) in [6.45, 7) is 6.42. The third-order valence-corrected chi connectivity index (χ3v) is 11.5. The minimum absolute atomic E-state index is 0. The van der Waals surface area contributed by atoms with Crippen molar-refractivity contribution in [3.63, 3.8) is 0 Å². The predicted octanol–water partition coefficient (Wildman–Crippen LogP) is 3.10. The zero-order valence-corrected chi connectivity index (χ0v) is 38.8. The molecule has 0 amide bonds. The molecular formula is C38H60Br4N8Pt. The van der Waals surface area contributed by atoms with Crippen LogP contribution in [0.3, 0.4) is 0 Å². The first-order chi connectivity index (χ1) is 24.2. The quantitative estimate of drug-likeness (QED) is 0.301. The molecule has 4 aliphatic carbocycles. The van der Waals surface area contributed by atoms with E-state index in [1.165, 1.54) is 128 Å². The zero-order chi connectivity index (χ0) is 33.7. The van der Waals surface area contributed by atoms with Gasteiger partial charge in [-0.2, -0.15) is 22.5 Å². The second-order valence-electron chi connectivity index (χ2n) is 15.0. The van der Waals surface area contributed by atoms with E-state index in [0.29, 0.717) is 0 Å². The molecule has 0 radical (unpaired) electrons. The van der Waals surface area contributed by atoms with E-state index in [0.717, 1.165) is 37.5 Å². The van der Waals surface area contributed by atoms with Crippen molar-refractivity contribution in [3.8, 4) is 0 Å². The van der Waals surface area contributed by atoms with Crippen LogP contribution in [0.25, 0.3) is 0 Å². The van der Waals surface area contributed by atoms with Crippen LogP contribution < -0.4 is 43.1 Å². The molecule has 2 aliphatic heterocycles. The van der Waals surface area contributed by atoms with Gasteiger partial charge < -0.3 is 53.6 Å². The Morgan fingerprint density at radius 1 is 0.510 bits per heavy atom. The second-order valence-corrected chi connectivity index (χ2v) is 24.9. The van der Waals surface area contributed by atoms with Crippen molar-refractivity contribution >= 4 is 26.6 Å². The predicted molar refractivity (Wildman–Crippen MR) is 200 cm³/mol. The Hall–Kier alpha value is -0.292. The van der Waals surface area contributed by atoms with E-state index < -0.39 is 0 Å². The SMILES string of the molecule is C1=CN(C2CCCCC2)[CH-]N1CN1C=CN(C2CCCCC2)[CH-]1.[Br-].[Br-].[Br][Pt+2][Br].c1c[n+](C[n+]2ccn(C3CCCCC3)c2)cn1C1CCCCC1. The summed E-state index contributed by atoms with van der Waals surface area (Å²) < 4.78 is 9.47. The minimum atomic E-state index is 0. The van der Waals surface area contributed by atoms with Gasteiger partial charge in [-0.1, -0.05) is 51.4 Å². The summed E-state index contributed by atoms with van der Waals surface area (Å²) in [5.74, 6) is 0. The fraction of sp³-hybridized carbons (Fsp3) is 0.684. The van der Waals surface area contributed by atoms with Crippen LogP contribution >= 0.6 is 26.6 Å². The molecule has 290 valence electrons. The maximum Gasteiger partial charge on any atom is 0.247 e. The summed E-state index contributed by atoms with van der Waals surface area (Å²) in [5.41, 5.74) is 0. The number of nitrogens with zero attached hydrogens (tertiary/aromatic N) is 8. The van der Waals surface area contributed by atoms with E-state index in [-0.39, 0.29) is 48.4 Å². The van der Waals surface area contributed by atoms with Crippen molar-refractivity contribution < 1.29 is 57.5 Å². The molecule has 2 aromatic rings. The normalized spacial score (nSPS) is 21.9. The van der Waals surface area contributed by atoms with Gasteiger partial charge in [0.2, 0.25) is 19.3 Å². The van der Waals surface area contributed by atoms with E-state index in [1.54, 1.807) is 0 Å². The van der Waals surface area contributed by atoms with Gasteiger partial charge in [-0.3, -0.25) is 0 Å². The Bertz CT molecular complexity index is 1190. The molecule has 0 saturated heterocycles. The molecule has 51 heavy (non-hydrogen) atoms. The maximum atomic E-state index is 3.17. The van der Waals surface area contributed by atoms with Crippen molar-refractivity contribution in [1.29, 1.82) is 0 Å². The van der Waals surface area contributed by atoms with Crippen molar-refractivity contribution in [3.05, 3.63) is 75.6 Å². The average molecular weight is 1140 g/mol. The fourth-order valence-electron chi connectivity index (χ4n) is 8.74.